The van der Waals surface area contributed by atoms with E-state index in [9.17, 15) is 14.9 Å². The molecule has 0 bridgehead atoms. The third-order valence-electron chi connectivity index (χ3n) is 2.93. The molecule has 108 valence electrons. The van der Waals surface area contributed by atoms with Gasteiger partial charge in [0.2, 0.25) is 0 Å². The third kappa shape index (κ3) is 3.79. The van der Waals surface area contributed by atoms with Crippen molar-refractivity contribution in [2.45, 2.75) is 13.8 Å². The number of nitro benzene ring substituents is 1. The Kier molecular flexibility index (Phi) is 4.18. The summed E-state index contributed by atoms with van der Waals surface area (Å²) in [5.74, 6) is 0. The van der Waals surface area contributed by atoms with Crippen LogP contribution in [0.25, 0.3) is 0 Å². The smallest absolute Gasteiger partial charge is 0.308 e. The lowest BCUT2D eigenvalue weighted by atomic mass is 10.2. The fourth-order valence-corrected chi connectivity index (χ4v) is 1.95. The van der Waals surface area contributed by atoms with E-state index in [4.69, 9.17) is 0 Å². The van der Waals surface area contributed by atoms with Gasteiger partial charge in [0.1, 0.15) is 0 Å². The lowest BCUT2D eigenvalue weighted by molar-refractivity contribution is -0.385. The first-order valence-electron chi connectivity index (χ1n) is 6.35. The second kappa shape index (κ2) is 6.04. The largest absolute Gasteiger partial charge is 0.323 e. The molecule has 2 amide bonds. The minimum Gasteiger partial charge on any atom is -0.308 e. The first kappa shape index (κ1) is 14.5. The Hall–Kier alpha value is -2.89. The average Bonchev–Trinajstić information content (AvgIpc) is 2.38. The van der Waals surface area contributed by atoms with Crippen LogP contribution >= 0.6 is 0 Å². The number of anilines is 2. The second-order valence-electron chi connectivity index (χ2n) is 4.71. The van der Waals surface area contributed by atoms with Gasteiger partial charge in [0.05, 0.1) is 4.92 Å². The number of nitro groups is 1. The summed E-state index contributed by atoms with van der Waals surface area (Å²) in [5.41, 5.74) is 2.75. The summed E-state index contributed by atoms with van der Waals surface area (Å²) in [5, 5.41) is 16.1. The van der Waals surface area contributed by atoms with E-state index < -0.39 is 11.0 Å². The predicted molar refractivity (Wildman–Crippen MR) is 81.7 cm³/mol. The number of hydrogen-bond donors (Lipinski definition) is 2. The van der Waals surface area contributed by atoms with E-state index in [1.54, 1.807) is 19.1 Å². The molecule has 0 heterocycles. The zero-order valence-electron chi connectivity index (χ0n) is 11.7. The molecule has 6 nitrogen and oxygen atoms in total. The Morgan fingerprint density at radius 1 is 1.05 bits per heavy atom. The van der Waals surface area contributed by atoms with E-state index in [0.29, 0.717) is 16.9 Å². The SMILES string of the molecule is Cc1cccc(NC(=O)Nc2ccc([N+](=O)[O-])c(C)c2)c1. The standard InChI is InChI=1S/C15H15N3O3/c1-10-4-3-5-12(8-10)16-15(19)17-13-6-7-14(18(20)21)11(2)9-13/h3-9H,1-2H3,(H2,16,17,19). The number of carbonyl (C=O) groups is 1. The van der Waals surface area contributed by atoms with Gasteiger partial charge < -0.3 is 10.6 Å². The molecule has 0 atom stereocenters. The molecule has 0 saturated heterocycles. The first-order chi connectivity index (χ1) is 9.95. The molecule has 0 spiro atoms. The van der Waals surface area contributed by atoms with Crippen LogP contribution in [0.3, 0.4) is 0 Å². The maximum atomic E-state index is 11.9. The molecular formula is C15H15N3O3. The molecular weight excluding hydrogens is 270 g/mol. The van der Waals surface area contributed by atoms with Crippen molar-refractivity contribution in [1.82, 2.24) is 0 Å². The van der Waals surface area contributed by atoms with Crippen molar-refractivity contribution in [1.29, 1.82) is 0 Å². The number of nitrogens with one attached hydrogen (secondary N) is 2. The number of rotatable bonds is 3. The Morgan fingerprint density at radius 3 is 2.29 bits per heavy atom. The van der Waals surface area contributed by atoms with Gasteiger partial charge in [0, 0.05) is 23.0 Å². The van der Waals surface area contributed by atoms with Crippen LogP contribution in [0.4, 0.5) is 21.9 Å². The van der Waals surface area contributed by atoms with Gasteiger partial charge >= 0.3 is 6.03 Å². The van der Waals surface area contributed by atoms with Crippen molar-refractivity contribution in [2.75, 3.05) is 10.6 Å². The highest BCUT2D eigenvalue weighted by atomic mass is 16.6. The van der Waals surface area contributed by atoms with Crippen LogP contribution in [0.2, 0.25) is 0 Å². The predicted octanol–water partition coefficient (Wildman–Crippen LogP) is 3.86. The van der Waals surface area contributed by atoms with Gasteiger partial charge in [-0.1, -0.05) is 12.1 Å². The van der Waals surface area contributed by atoms with Crippen molar-refractivity contribution < 1.29 is 9.72 Å². The molecule has 0 aromatic heterocycles. The van der Waals surface area contributed by atoms with E-state index in [2.05, 4.69) is 10.6 Å². The number of hydrogen-bond acceptors (Lipinski definition) is 3. The summed E-state index contributed by atoms with van der Waals surface area (Å²) in [6.45, 7) is 3.56. The van der Waals surface area contributed by atoms with Crippen LogP contribution in [-0.4, -0.2) is 11.0 Å². The van der Waals surface area contributed by atoms with E-state index >= 15 is 0 Å². The highest BCUT2D eigenvalue weighted by Gasteiger charge is 2.11. The molecule has 2 rings (SSSR count). The number of aryl methyl sites for hydroxylation is 2. The lowest BCUT2D eigenvalue weighted by Gasteiger charge is -2.09. The van der Waals surface area contributed by atoms with E-state index in [-0.39, 0.29) is 5.69 Å². The number of urea groups is 1. The van der Waals surface area contributed by atoms with Crippen LogP contribution in [-0.2, 0) is 0 Å². The summed E-state index contributed by atoms with van der Waals surface area (Å²) in [6, 6.07) is 11.5. The molecule has 0 aliphatic rings. The minimum atomic E-state index is -0.452. The highest BCUT2D eigenvalue weighted by Crippen LogP contribution is 2.21. The van der Waals surface area contributed by atoms with E-state index in [1.165, 1.54) is 12.1 Å². The maximum absolute atomic E-state index is 11.9. The molecule has 21 heavy (non-hydrogen) atoms. The third-order valence-corrected chi connectivity index (χ3v) is 2.93. The van der Waals surface area contributed by atoms with E-state index in [1.807, 2.05) is 25.1 Å². The van der Waals surface area contributed by atoms with Crippen molar-refractivity contribution in [3.05, 3.63) is 63.7 Å². The second-order valence-corrected chi connectivity index (χ2v) is 4.71. The summed E-state index contributed by atoms with van der Waals surface area (Å²) in [7, 11) is 0. The average molecular weight is 285 g/mol. The normalized spacial score (nSPS) is 10.0. The van der Waals surface area contributed by atoms with Gasteiger partial charge in [-0.05, 0) is 43.7 Å². The van der Waals surface area contributed by atoms with Crippen molar-refractivity contribution in [3.8, 4) is 0 Å². The molecule has 2 aromatic carbocycles. The Morgan fingerprint density at radius 2 is 1.71 bits per heavy atom. The molecule has 2 aromatic rings. The molecule has 0 radical (unpaired) electrons. The lowest BCUT2D eigenvalue weighted by Crippen LogP contribution is -2.19. The summed E-state index contributed by atoms with van der Waals surface area (Å²) in [4.78, 5) is 22.1. The van der Waals surface area contributed by atoms with Crippen molar-refractivity contribution in [2.24, 2.45) is 0 Å². The Labute approximate surface area is 121 Å². The van der Waals surface area contributed by atoms with Crippen LogP contribution in [0.15, 0.2) is 42.5 Å². The summed E-state index contributed by atoms with van der Waals surface area (Å²) < 4.78 is 0. The molecule has 0 saturated carbocycles. The summed E-state index contributed by atoms with van der Waals surface area (Å²) in [6.07, 6.45) is 0. The van der Waals surface area contributed by atoms with Crippen molar-refractivity contribution >= 4 is 23.1 Å². The number of nitrogens with zero attached hydrogens (tertiary/aromatic N) is 1. The van der Waals surface area contributed by atoms with Gasteiger partial charge in [0.15, 0.2) is 0 Å². The van der Waals surface area contributed by atoms with E-state index in [0.717, 1.165) is 5.56 Å². The molecule has 0 aliphatic heterocycles. The monoisotopic (exact) mass is 285 g/mol. The number of amides is 2. The van der Waals surface area contributed by atoms with Crippen LogP contribution in [0.5, 0.6) is 0 Å². The minimum absolute atomic E-state index is 0.0274. The van der Waals surface area contributed by atoms with Gasteiger partial charge in [-0.25, -0.2) is 4.79 Å². The van der Waals surface area contributed by atoms with Gasteiger partial charge in [-0.3, -0.25) is 10.1 Å². The molecule has 0 unspecified atom stereocenters. The molecule has 2 N–H and O–H groups in total. The summed E-state index contributed by atoms with van der Waals surface area (Å²) >= 11 is 0. The Bertz CT molecular complexity index is 698. The maximum Gasteiger partial charge on any atom is 0.323 e. The van der Waals surface area contributed by atoms with Crippen molar-refractivity contribution in [3.63, 3.8) is 0 Å². The zero-order chi connectivity index (χ0) is 15.4. The van der Waals surface area contributed by atoms with Gasteiger partial charge in [-0.2, -0.15) is 0 Å². The Balaban J connectivity index is 2.06. The topological polar surface area (TPSA) is 84.3 Å². The zero-order valence-corrected chi connectivity index (χ0v) is 11.7. The molecule has 6 heteroatoms. The fraction of sp³-hybridized carbons (Fsp3) is 0.133. The first-order valence-corrected chi connectivity index (χ1v) is 6.35. The van der Waals surface area contributed by atoms with Gasteiger partial charge in [-0.15, -0.1) is 0 Å². The van der Waals surface area contributed by atoms with Gasteiger partial charge in [0.25, 0.3) is 5.69 Å². The van der Waals surface area contributed by atoms with Crippen LogP contribution in [0, 0.1) is 24.0 Å². The van der Waals surface area contributed by atoms with Crippen LogP contribution < -0.4 is 10.6 Å². The van der Waals surface area contributed by atoms with Crippen LogP contribution in [0.1, 0.15) is 11.1 Å². The number of carbonyl (C=O) groups excluding carboxylic acids is 1. The fourth-order valence-electron chi connectivity index (χ4n) is 1.95. The molecule has 0 aliphatic carbocycles. The molecule has 0 fully saturated rings. The highest BCUT2D eigenvalue weighted by molar-refractivity contribution is 5.99. The number of benzene rings is 2. The quantitative estimate of drug-likeness (QED) is 0.663.